The Balaban J connectivity index is 2.07. The second kappa shape index (κ2) is 14.6. The number of carbonyl (C=O) groups excluding carboxylic acids is 2. The van der Waals surface area contributed by atoms with Gasteiger partial charge in [-0.3, -0.25) is 13.9 Å². The highest BCUT2D eigenvalue weighted by Gasteiger charge is 2.34. The molecule has 220 valence electrons. The first-order chi connectivity index (χ1) is 19.5. The van der Waals surface area contributed by atoms with Crippen molar-refractivity contribution in [3.63, 3.8) is 0 Å². The maximum Gasteiger partial charge on any atom is 0.264 e. The number of halogens is 2. The Labute approximate surface area is 252 Å². The van der Waals surface area contributed by atoms with Gasteiger partial charge in [-0.1, -0.05) is 67.4 Å². The van der Waals surface area contributed by atoms with Crippen LogP contribution in [0, 0.1) is 0 Å². The molecule has 3 aromatic carbocycles. The molecule has 0 aliphatic heterocycles. The number of sulfonamides is 1. The lowest BCUT2D eigenvalue weighted by Crippen LogP contribution is -2.53. The number of benzene rings is 3. The molecule has 0 saturated heterocycles. The van der Waals surface area contributed by atoms with E-state index in [1.54, 1.807) is 49.6 Å². The fourth-order valence-electron chi connectivity index (χ4n) is 4.20. The van der Waals surface area contributed by atoms with Gasteiger partial charge in [0.15, 0.2) is 0 Å². The molecule has 11 heteroatoms. The van der Waals surface area contributed by atoms with Crippen LogP contribution in [0.2, 0.25) is 10.0 Å². The second-order valence-electron chi connectivity index (χ2n) is 9.53. The van der Waals surface area contributed by atoms with Gasteiger partial charge in [0.1, 0.15) is 18.3 Å². The van der Waals surface area contributed by atoms with E-state index in [1.807, 2.05) is 20.8 Å². The SMILES string of the molecule is CC[C@@H](C)NC(=O)[C@H](CC)N(Cc1ccc(OC)cc1)C(=O)CN(c1ccc(Cl)cc1Cl)S(=O)(=O)c1ccccc1. The number of ether oxygens (including phenoxy) is 1. The highest BCUT2D eigenvalue weighted by Crippen LogP contribution is 2.33. The van der Waals surface area contributed by atoms with Crippen molar-refractivity contribution in [3.8, 4) is 5.75 Å². The van der Waals surface area contributed by atoms with Crippen molar-refractivity contribution in [2.24, 2.45) is 0 Å². The lowest BCUT2D eigenvalue weighted by Gasteiger charge is -2.34. The molecular formula is C30H35Cl2N3O5S. The first-order valence-electron chi connectivity index (χ1n) is 13.3. The number of nitrogens with zero attached hydrogens (tertiary/aromatic N) is 2. The minimum absolute atomic E-state index is 0.0120. The number of rotatable bonds is 13. The average Bonchev–Trinajstić information content (AvgIpc) is 2.96. The number of nitrogens with one attached hydrogen (secondary N) is 1. The molecule has 0 spiro atoms. The summed E-state index contributed by atoms with van der Waals surface area (Å²) in [5.74, 6) is -0.242. The maximum atomic E-state index is 14.1. The van der Waals surface area contributed by atoms with Crippen molar-refractivity contribution in [2.75, 3.05) is 18.0 Å². The zero-order valence-electron chi connectivity index (χ0n) is 23.5. The molecule has 3 aromatic rings. The fourth-order valence-corrected chi connectivity index (χ4v) is 6.22. The molecule has 0 radical (unpaired) electrons. The molecule has 0 aliphatic carbocycles. The Morgan fingerprint density at radius 2 is 1.61 bits per heavy atom. The first-order valence-corrected chi connectivity index (χ1v) is 15.5. The highest BCUT2D eigenvalue weighted by atomic mass is 35.5. The maximum absolute atomic E-state index is 14.1. The Morgan fingerprint density at radius 1 is 0.951 bits per heavy atom. The summed E-state index contributed by atoms with van der Waals surface area (Å²) in [5.41, 5.74) is 0.839. The van der Waals surface area contributed by atoms with Crippen LogP contribution in [0.15, 0.2) is 77.7 Å². The van der Waals surface area contributed by atoms with Crippen LogP contribution in [0.4, 0.5) is 5.69 Å². The van der Waals surface area contributed by atoms with E-state index in [2.05, 4.69) is 5.32 Å². The summed E-state index contributed by atoms with van der Waals surface area (Å²) in [6.07, 6.45) is 1.03. The van der Waals surface area contributed by atoms with Crippen LogP contribution in [0.5, 0.6) is 5.75 Å². The van der Waals surface area contributed by atoms with Crippen LogP contribution in [-0.4, -0.2) is 50.9 Å². The van der Waals surface area contributed by atoms with Gasteiger partial charge < -0.3 is 15.0 Å². The van der Waals surface area contributed by atoms with Crippen LogP contribution in [0.25, 0.3) is 0 Å². The van der Waals surface area contributed by atoms with Gasteiger partial charge in [0.05, 0.1) is 22.7 Å². The zero-order valence-corrected chi connectivity index (χ0v) is 25.8. The molecular weight excluding hydrogens is 585 g/mol. The molecule has 0 aliphatic rings. The average molecular weight is 621 g/mol. The highest BCUT2D eigenvalue weighted by molar-refractivity contribution is 7.92. The normalized spacial score (nSPS) is 12.7. The van der Waals surface area contributed by atoms with E-state index in [-0.39, 0.29) is 34.1 Å². The Morgan fingerprint density at radius 3 is 2.17 bits per heavy atom. The Kier molecular flexibility index (Phi) is 11.5. The fraction of sp³-hybridized carbons (Fsp3) is 0.333. The van der Waals surface area contributed by atoms with Crippen molar-refractivity contribution in [1.82, 2.24) is 10.2 Å². The van der Waals surface area contributed by atoms with E-state index >= 15 is 0 Å². The summed E-state index contributed by atoms with van der Waals surface area (Å²) in [6.45, 7) is 5.12. The zero-order chi connectivity index (χ0) is 30.2. The molecule has 0 aromatic heterocycles. The lowest BCUT2D eigenvalue weighted by molar-refractivity contribution is -0.140. The Bertz CT molecular complexity index is 1440. The van der Waals surface area contributed by atoms with Crippen LogP contribution in [-0.2, 0) is 26.2 Å². The standard InChI is InChI=1S/C30H35Cl2N3O5S/c1-5-21(3)33-30(37)27(6-2)34(19-22-12-15-24(40-4)16-13-22)29(36)20-35(28-17-14-23(31)18-26(28)32)41(38,39)25-10-8-7-9-11-25/h7-18,21,27H,5-6,19-20H2,1-4H3,(H,33,37)/t21-,27+/m1/s1. The number of hydrogen-bond donors (Lipinski definition) is 1. The third-order valence-electron chi connectivity index (χ3n) is 6.69. The molecule has 2 amide bonds. The summed E-state index contributed by atoms with van der Waals surface area (Å²) >= 11 is 12.5. The predicted octanol–water partition coefficient (Wildman–Crippen LogP) is 5.92. The van der Waals surface area contributed by atoms with E-state index in [4.69, 9.17) is 27.9 Å². The van der Waals surface area contributed by atoms with Gasteiger partial charge in [-0.05, 0) is 67.8 Å². The minimum atomic E-state index is -4.23. The minimum Gasteiger partial charge on any atom is -0.497 e. The monoisotopic (exact) mass is 619 g/mol. The summed E-state index contributed by atoms with van der Waals surface area (Å²) in [7, 11) is -2.68. The molecule has 0 heterocycles. The van der Waals surface area contributed by atoms with E-state index < -0.39 is 28.5 Å². The van der Waals surface area contributed by atoms with Gasteiger partial charge >= 0.3 is 0 Å². The molecule has 41 heavy (non-hydrogen) atoms. The summed E-state index contributed by atoms with van der Waals surface area (Å²) < 4.78 is 34.0. The Hall–Kier alpha value is -3.27. The van der Waals surface area contributed by atoms with Gasteiger partial charge in [0.25, 0.3) is 10.0 Å². The molecule has 0 unspecified atom stereocenters. The molecule has 0 bridgehead atoms. The van der Waals surface area contributed by atoms with Crippen LogP contribution in [0.1, 0.15) is 39.2 Å². The van der Waals surface area contributed by atoms with Crippen LogP contribution < -0.4 is 14.4 Å². The third kappa shape index (κ3) is 8.15. The van der Waals surface area contributed by atoms with Gasteiger partial charge in [0, 0.05) is 17.6 Å². The summed E-state index contributed by atoms with van der Waals surface area (Å²) in [5, 5.41) is 3.33. The van der Waals surface area contributed by atoms with Crippen molar-refractivity contribution in [2.45, 2.75) is 57.1 Å². The predicted molar refractivity (Wildman–Crippen MR) is 163 cm³/mol. The summed E-state index contributed by atoms with van der Waals surface area (Å²) in [6, 6.07) is 18.3. The van der Waals surface area contributed by atoms with E-state index in [9.17, 15) is 18.0 Å². The van der Waals surface area contributed by atoms with Gasteiger partial charge in [-0.25, -0.2) is 8.42 Å². The molecule has 0 saturated carbocycles. The molecule has 3 rings (SSSR count). The van der Waals surface area contributed by atoms with Crippen LogP contribution in [0.3, 0.4) is 0 Å². The van der Waals surface area contributed by atoms with Gasteiger partial charge in [-0.2, -0.15) is 0 Å². The smallest absolute Gasteiger partial charge is 0.264 e. The molecule has 0 fully saturated rings. The van der Waals surface area contributed by atoms with Crippen molar-refractivity contribution in [3.05, 3.63) is 88.4 Å². The van der Waals surface area contributed by atoms with Gasteiger partial charge in [-0.15, -0.1) is 0 Å². The summed E-state index contributed by atoms with van der Waals surface area (Å²) in [4.78, 5) is 28.9. The van der Waals surface area contributed by atoms with Crippen LogP contribution >= 0.6 is 23.2 Å². The quantitative estimate of drug-likeness (QED) is 0.256. The van der Waals surface area contributed by atoms with E-state index in [0.717, 1.165) is 9.87 Å². The topological polar surface area (TPSA) is 96.0 Å². The number of amides is 2. The van der Waals surface area contributed by atoms with Crippen molar-refractivity contribution < 1.29 is 22.7 Å². The number of carbonyl (C=O) groups is 2. The van der Waals surface area contributed by atoms with Gasteiger partial charge in [0.2, 0.25) is 11.8 Å². The van der Waals surface area contributed by atoms with E-state index in [1.165, 1.54) is 35.2 Å². The van der Waals surface area contributed by atoms with Crippen molar-refractivity contribution >= 4 is 50.7 Å². The first kappa shape index (κ1) is 32.2. The molecule has 8 nitrogen and oxygen atoms in total. The molecule has 2 atom stereocenters. The number of methoxy groups -OCH3 is 1. The number of hydrogen-bond acceptors (Lipinski definition) is 5. The lowest BCUT2D eigenvalue weighted by atomic mass is 10.1. The van der Waals surface area contributed by atoms with E-state index in [0.29, 0.717) is 23.6 Å². The largest absolute Gasteiger partial charge is 0.497 e. The number of anilines is 1. The molecule has 1 N–H and O–H groups in total. The second-order valence-corrected chi connectivity index (χ2v) is 12.2. The van der Waals surface area contributed by atoms with Crippen molar-refractivity contribution in [1.29, 1.82) is 0 Å². The third-order valence-corrected chi connectivity index (χ3v) is 9.00.